The summed E-state index contributed by atoms with van der Waals surface area (Å²) in [5.74, 6) is 1.93. The Labute approximate surface area is 195 Å². The number of rotatable bonds is 6. The number of hydrogen-bond acceptors (Lipinski definition) is 8. The quantitative estimate of drug-likeness (QED) is 0.574. The average molecular weight is 445 g/mol. The van der Waals surface area contributed by atoms with Gasteiger partial charge in [-0.25, -0.2) is 4.98 Å². The van der Waals surface area contributed by atoms with Crippen LogP contribution in [0.5, 0.6) is 0 Å². The summed E-state index contributed by atoms with van der Waals surface area (Å²) in [4.78, 5) is 28.3. The molecule has 2 saturated heterocycles. The smallest absolute Gasteiger partial charge is 0.227 e. The van der Waals surface area contributed by atoms with Gasteiger partial charge in [-0.3, -0.25) is 19.8 Å². The predicted molar refractivity (Wildman–Crippen MR) is 130 cm³/mol. The number of hydrogen-bond donors (Lipinski definition) is 0. The zero-order valence-corrected chi connectivity index (χ0v) is 19.3. The standard InChI is InChI=1S/C25H32N8/c1-21-18-28-25(33-16-12-31(13-17-33)20-23-7-3-5-9-27-23)29-24(21)32-14-10-30(11-15-32)19-22-6-2-4-8-26-22/h2-9,18H,10-17,19-20H2,1H3. The lowest BCUT2D eigenvalue weighted by atomic mass is 10.2. The molecule has 2 aliphatic heterocycles. The Kier molecular flexibility index (Phi) is 6.73. The van der Waals surface area contributed by atoms with E-state index in [-0.39, 0.29) is 0 Å². The van der Waals surface area contributed by atoms with Crippen molar-refractivity contribution in [3.63, 3.8) is 0 Å². The fourth-order valence-corrected chi connectivity index (χ4v) is 4.56. The van der Waals surface area contributed by atoms with Crippen LogP contribution in [0.25, 0.3) is 0 Å². The van der Waals surface area contributed by atoms with Crippen molar-refractivity contribution in [1.82, 2.24) is 29.7 Å². The van der Waals surface area contributed by atoms with Gasteiger partial charge >= 0.3 is 0 Å². The molecule has 2 fully saturated rings. The number of pyridine rings is 2. The van der Waals surface area contributed by atoms with Gasteiger partial charge in [-0.05, 0) is 31.2 Å². The van der Waals surface area contributed by atoms with Crippen LogP contribution in [0.15, 0.2) is 55.0 Å². The van der Waals surface area contributed by atoms with Gasteiger partial charge in [-0.15, -0.1) is 0 Å². The number of aryl methyl sites for hydroxylation is 1. The molecule has 3 aromatic rings. The van der Waals surface area contributed by atoms with E-state index < -0.39 is 0 Å². The molecule has 0 spiro atoms. The molecule has 0 atom stereocenters. The van der Waals surface area contributed by atoms with Crippen LogP contribution >= 0.6 is 0 Å². The minimum Gasteiger partial charge on any atom is -0.354 e. The van der Waals surface area contributed by atoms with Gasteiger partial charge in [-0.2, -0.15) is 4.98 Å². The van der Waals surface area contributed by atoms with Crippen molar-refractivity contribution in [2.45, 2.75) is 20.0 Å². The van der Waals surface area contributed by atoms with Crippen LogP contribution in [0.1, 0.15) is 17.0 Å². The second-order valence-corrected chi connectivity index (χ2v) is 8.85. The van der Waals surface area contributed by atoms with E-state index in [2.05, 4.69) is 65.7 Å². The average Bonchev–Trinajstić information content (AvgIpc) is 2.87. The first-order chi connectivity index (χ1) is 16.2. The van der Waals surface area contributed by atoms with E-state index in [4.69, 9.17) is 4.98 Å². The molecule has 5 rings (SSSR count). The summed E-state index contributed by atoms with van der Waals surface area (Å²) < 4.78 is 0. The van der Waals surface area contributed by atoms with Crippen molar-refractivity contribution in [2.75, 3.05) is 62.2 Å². The van der Waals surface area contributed by atoms with Gasteiger partial charge in [0, 0.05) is 89.6 Å². The lowest BCUT2D eigenvalue weighted by Gasteiger charge is -2.37. The largest absolute Gasteiger partial charge is 0.354 e. The molecular weight excluding hydrogens is 412 g/mol. The summed E-state index contributed by atoms with van der Waals surface area (Å²) in [7, 11) is 0. The summed E-state index contributed by atoms with van der Waals surface area (Å²) in [6.07, 6.45) is 5.72. The van der Waals surface area contributed by atoms with Crippen LogP contribution in [0.3, 0.4) is 0 Å². The molecule has 8 nitrogen and oxygen atoms in total. The molecule has 0 N–H and O–H groups in total. The Hall–Kier alpha value is -3.10. The van der Waals surface area contributed by atoms with Crippen LogP contribution in [0, 0.1) is 6.92 Å². The van der Waals surface area contributed by atoms with E-state index in [1.165, 1.54) is 0 Å². The molecule has 5 heterocycles. The van der Waals surface area contributed by atoms with Gasteiger partial charge in [0.15, 0.2) is 0 Å². The van der Waals surface area contributed by atoms with Gasteiger partial charge in [-0.1, -0.05) is 12.1 Å². The van der Waals surface area contributed by atoms with Crippen molar-refractivity contribution in [2.24, 2.45) is 0 Å². The highest BCUT2D eigenvalue weighted by molar-refractivity contribution is 5.50. The molecule has 33 heavy (non-hydrogen) atoms. The monoisotopic (exact) mass is 444 g/mol. The molecule has 0 aromatic carbocycles. The number of aromatic nitrogens is 4. The highest BCUT2D eigenvalue weighted by Gasteiger charge is 2.23. The lowest BCUT2D eigenvalue weighted by Crippen LogP contribution is -2.48. The lowest BCUT2D eigenvalue weighted by molar-refractivity contribution is 0.245. The van der Waals surface area contributed by atoms with Gasteiger partial charge in [0.25, 0.3) is 0 Å². The predicted octanol–water partition coefficient (Wildman–Crippen LogP) is 2.22. The summed E-state index contributed by atoms with van der Waals surface area (Å²) in [6.45, 7) is 11.8. The van der Waals surface area contributed by atoms with Gasteiger partial charge in [0.2, 0.25) is 5.95 Å². The first kappa shape index (κ1) is 21.7. The number of piperazine rings is 2. The first-order valence-electron chi connectivity index (χ1n) is 11.8. The summed E-state index contributed by atoms with van der Waals surface area (Å²) in [5.41, 5.74) is 3.40. The van der Waals surface area contributed by atoms with Crippen molar-refractivity contribution in [3.8, 4) is 0 Å². The highest BCUT2D eigenvalue weighted by atomic mass is 15.3. The molecule has 3 aromatic heterocycles. The van der Waals surface area contributed by atoms with Crippen molar-refractivity contribution < 1.29 is 0 Å². The van der Waals surface area contributed by atoms with Crippen molar-refractivity contribution in [1.29, 1.82) is 0 Å². The molecule has 0 saturated carbocycles. The molecule has 0 unspecified atom stereocenters. The van der Waals surface area contributed by atoms with Crippen LogP contribution in [0.2, 0.25) is 0 Å². The third-order valence-corrected chi connectivity index (χ3v) is 6.48. The summed E-state index contributed by atoms with van der Waals surface area (Å²) in [5, 5.41) is 0. The molecular formula is C25H32N8. The maximum absolute atomic E-state index is 5.02. The third-order valence-electron chi connectivity index (χ3n) is 6.48. The maximum atomic E-state index is 5.02. The molecule has 2 aliphatic rings. The van der Waals surface area contributed by atoms with E-state index in [0.29, 0.717) is 0 Å². The van der Waals surface area contributed by atoms with E-state index in [0.717, 1.165) is 94.2 Å². The van der Waals surface area contributed by atoms with E-state index >= 15 is 0 Å². The Morgan fingerprint density at radius 3 is 1.73 bits per heavy atom. The van der Waals surface area contributed by atoms with E-state index in [1.807, 2.05) is 30.7 Å². The van der Waals surface area contributed by atoms with Crippen LogP contribution in [-0.2, 0) is 13.1 Å². The SMILES string of the molecule is Cc1cnc(N2CCN(Cc3ccccn3)CC2)nc1N1CCN(Cc2ccccn2)CC1. The minimum absolute atomic E-state index is 0.851. The maximum Gasteiger partial charge on any atom is 0.227 e. The number of anilines is 2. The van der Waals surface area contributed by atoms with Crippen LogP contribution in [-0.4, -0.2) is 82.1 Å². The van der Waals surface area contributed by atoms with E-state index in [1.54, 1.807) is 0 Å². The van der Waals surface area contributed by atoms with E-state index in [9.17, 15) is 0 Å². The fraction of sp³-hybridized carbons (Fsp3) is 0.440. The molecule has 0 bridgehead atoms. The van der Waals surface area contributed by atoms with Gasteiger partial charge in [0.05, 0.1) is 11.4 Å². The second-order valence-electron chi connectivity index (χ2n) is 8.85. The Morgan fingerprint density at radius 1 is 0.667 bits per heavy atom. The van der Waals surface area contributed by atoms with Crippen molar-refractivity contribution >= 4 is 11.8 Å². The Bertz CT molecular complexity index is 1010. The highest BCUT2D eigenvalue weighted by Crippen LogP contribution is 2.22. The molecule has 8 heteroatoms. The molecule has 0 amide bonds. The Balaban J connectivity index is 1.17. The zero-order chi connectivity index (χ0) is 22.5. The van der Waals surface area contributed by atoms with Crippen molar-refractivity contribution in [3.05, 3.63) is 71.9 Å². The molecule has 0 radical (unpaired) electrons. The molecule has 172 valence electrons. The van der Waals surface area contributed by atoms with Gasteiger partial charge < -0.3 is 9.80 Å². The summed E-state index contributed by atoms with van der Waals surface area (Å²) in [6, 6.07) is 12.2. The second kappa shape index (κ2) is 10.2. The topological polar surface area (TPSA) is 64.5 Å². The Morgan fingerprint density at radius 2 is 1.21 bits per heavy atom. The zero-order valence-electron chi connectivity index (χ0n) is 19.3. The number of nitrogens with zero attached hydrogens (tertiary/aromatic N) is 8. The third kappa shape index (κ3) is 5.46. The minimum atomic E-state index is 0.851. The van der Waals surface area contributed by atoms with Crippen LogP contribution in [0.4, 0.5) is 11.8 Å². The first-order valence-corrected chi connectivity index (χ1v) is 11.8. The van der Waals surface area contributed by atoms with Crippen LogP contribution < -0.4 is 9.80 Å². The molecule has 0 aliphatic carbocycles. The summed E-state index contributed by atoms with van der Waals surface area (Å²) >= 11 is 0. The fourth-order valence-electron chi connectivity index (χ4n) is 4.56. The van der Waals surface area contributed by atoms with Gasteiger partial charge in [0.1, 0.15) is 5.82 Å². The normalized spacial score (nSPS) is 18.0.